The Morgan fingerprint density at radius 2 is 1.69 bits per heavy atom. The molecule has 0 bridgehead atoms. The van der Waals surface area contributed by atoms with Gasteiger partial charge in [-0.2, -0.15) is 17.5 Å². The highest BCUT2D eigenvalue weighted by molar-refractivity contribution is 7.89. The predicted molar refractivity (Wildman–Crippen MR) is 145 cm³/mol. The van der Waals surface area contributed by atoms with Gasteiger partial charge in [0, 0.05) is 51.0 Å². The number of carboxylic acids is 1. The molecular weight excluding hydrogens is 589 g/mol. The van der Waals surface area contributed by atoms with Gasteiger partial charge in [0.15, 0.2) is 23.2 Å². The second kappa shape index (κ2) is 13.4. The second-order valence-electron chi connectivity index (χ2n) is 10.4. The Balaban J connectivity index is 0.000000616. The van der Waals surface area contributed by atoms with Gasteiger partial charge in [-0.25, -0.2) is 32.0 Å². The fourth-order valence-corrected chi connectivity index (χ4v) is 5.58. The Kier molecular flexibility index (Phi) is 10.6. The molecule has 3 heterocycles. The van der Waals surface area contributed by atoms with Gasteiger partial charge in [0.05, 0.1) is 23.2 Å². The predicted octanol–water partition coefficient (Wildman–Crippen LogP) is 4.35. The molecule has 0 aliphatic carbocycles. The van der Waals surface area contributed by atoms with E-state index in [9.17, 15) is 30.4 Å². The molecule has 1 aromatic heterocycles. The Morgan fingerprint density at radius 3 is 2.21 bits per heavy atom. The van der Waals surface area contributed by atoms with Crippen LogP contribution in [0.15, 0.2) is 18.2 Å². The third-order valence-corrected chi connectivity index (χ3v) is 8.73. The number of nitrogens with one attached hydrogen (secondary N) is 1. The van der Waals surface area contributed by atoms with Crippen LogP contribution in [0, 0.1) is 11.6 Å². The van der Waals surface area contributed by atoms with E-state index in [1.165, 1.54) is 16.4 Å². The van der Waals surface area contributed by atoms with Crippen molar-refractivity contribution in [2.45, 2.75) is 77.1 Å². The van der Waals surface area contributed by atoms with E-state index in [4.69, 9.17) is 24.6 Å². The lowest BCUT2D eigenvalue weighted by Gasteiger charge is -2.35. The third-order valence-electron chi connectivity index (χ3n) is 6.51. The molecule has 16 heteroatoms. The Morgan fingerprint density at radius 1 is 1.07 bits per heavy atom. The highest BCUT2D eigenvalue weighted by Crippen LogP contribution is 2.31. The molecule has 10 nitrogen and oxygen atoms in total. The van der Waals surface area contributed by atoms with Crippen LogP contribution < -0.4 is 15.0 Å². The molecule has 1 fully saturated rings. The van der Waals surface area contributed by atoms with Crippen LogP contribution in [0.5, 0.6) is 5.75 Å². The maximum atomic E-state index is 14.0. The van der Waals surface area contributed by atoms with Crippen molar-refractivity contribution in [1.29, 1.82) is 0 Å². The summed E-state index contributed by atoms with van der Waals surface area (Å²) in [5, 5.41) is 10.00. The number of aromatic nitrogens is 2. The van der Waals surface area contributed by atoms with Gasteiger partial charge in [-0.15, -0.1) is 0 Å². The van der Waals surface area contributed by atoms with Gasteiger partial charge in [-0.3, -0.25) is 0 Å². The van der Waals surface area contributed by atoms with Crippen LogP contribution in [0.1, 0.15) is 51.9 Å². The number of nitrogens with zero attached hydrogens (tertiary/aromatic N) is 4. The van der Waals surface area contributed by atoms with Gasteiger partial charge in [0.1, 0.15) is 11.9 Å². The van der Waals surface area contributed by atoms with Gasteiger partial charge in [0.25, 0.3) is 0 Å². The third kappa shape index (κ3) is 8.40. The monoisotopic (exact) mass is 623 g/mol. The topological polar surface area (TPSA) is 125 Å². The molecule has 234 valence electrons. The minimum Gasteiger partial charge on any atom is -0.487 e. The largest absolute Gasteiger partial charge is 0.490 e. The van der Waals surface area contributed by atoms with Crippen molar-refractivity contribution in [2.75, 3.05) is 29.9 Å². The number of carboxylic acid groups (broad SMARTS) is 1. The van der Waals surface area contributed by atoms with Gasteiger partial charge < -0.3 is 20.1 Å². The van der Waals surface area contributed by atoms with E-state index < -0.39 is 39.1 Å². The number of benzene rings is 1. The van der Waals surface area contributed by atoms with E-state index in [1.807, 2.05) is 13.8 Å². The number of rotatable bonds is 7. The zero-order chi connectivity index (χ0) is 31.4. The van der Waals surface area contributed by atoms with Crippen LogP contribution >= 0.6 is 0 Å². The zero-order valence-corrected chi connectivity index (χ0v) is 24.4. The Hall–Kier alpha value is -3.27. The van der Waals surface area contributed by atoms with Gasteiger partial charge in [0.2, 0.25) is 10.0 Å². The highest BCUT2D eigenvalue weighted by atomic mass is 32.2. The number of piperidine rings is 1. The molecule has 0 atom stereocenters. The quantitative estimate of drug-likeness (QED) is 0.433. The minimum atomic E-state index is -5.08. The minimum absolute atomic E-state index is 0.0569. The zero-order valence-electron chi connectivity index (χ0n) is 23.6. The average Bonchev–Trinajstić information content (AvgIpc) is 2.89. The van der Waals surface area contributed by atoms with Crippen molar-refractivity contribution >= 4 is 27.6 Å². The van der Waals surface area contributed by atoms with Crippen LogP contribution in [0.3, 0.4) is 0 Å². The average molecular weight is 624 g/mol. The molecule has 1 saturated heterocycles. The number of sulfonamides is 1. The lowest BCUT2D eigenvalue weighted by atomic mass is 10.1. The number of ether oxygens (including phenoxy) is 1. The van der Waals surface area contributed by atoms with E-state index in [2.05, 4.69) is 10.2 Å². The van der Waals surface area contributed by atoms with E-state index >= 15 is 0 Å². The molecule has 42 heavy (non-hydrogen) atoms. The van der Waals surface area contributed by atoms with Crippen molar-refractivity contribution in [1.82, 2.24) is 14.3 Å². The normalized spacial score (nSPS) is 16.6. The Labute approximate surface area is 240 Å². The summed E-state index contributed by atoms with van der Waals surface area (Å²) in [7, 11) is -3.37. The fraction of sp³-hybridized carbons (Fsp3) is 0.577. The molecule has 0 unspecified atom stereocenters. The van der Waals surface area contributed by atoms with Crippen molar-refractivity contribution in [3.63, 3.8) is 0 Å². The molecule has 4 rings (SSSR count). The molecule has 2 aliphatic heterocycles. The summed E-state index contributed by atoms with van der Waals surface area (Å²) < 4.78 is 91.5. The fourth-order valence-electron chi connectivity index (χ4n) is 4.34. The summed E-state index contributed by atoms with van der Waals surface area (Å²) in [6.07, 6.45) is -3.46. The maximum absolute atomic E-state index is 14.0. The van der Waals surface area contributed by atoms with Gasteiger partial charge in [-0.1, -0.05) is 0 Å². The summed E-state index contributed by atoms with van der Waals surface area (Å²) in [6, 6.07) is 3.44. The highest BCUT2D eigenvalue weighted by Gasteiger charge is 2.38. The Bertz CT molecular complexity index is 1370. The number of fused-ring (bicyclic) bond motifs is 1. The van der Waals surface area contributed by atoms with Crippen LogP contribution in [0.2, 0.25) is 0 Å². The maximum Gasteiger partial charge on any atom is 0.490 e. The first-order valence-corrected chi connectivity index (χ1v) is 14.8. The molecule has 2 N–H and O–H groups in total. The van der Waals surface area contributed by atoms with Crippen LogP contribution in [0.25, 0.3) is 0 Å². The van der Waals surface area contributed by atoms with E-state index in [0.29, 0.717) is 50.4 Å². The first kappa shape index (κ1) is 33.2. The van der Waals surface area contributed by atoms with Crippen molar-refractivity contribution in [2.24, 2.45) is 0 Å². The number of aliphatic carboxylic acids is 1. The van der Waals surface area contributed by atoms with E-state index in [0.717, 1.165) is 17.6 Å². The second-order valence-corrected chi connectivity index (χ2v) is 12.9. The van der Waals surface area contributed by atoms with E-state index in [-0.39, 0.29) is 24.4 Å². The molecule has 0 radical (unpaired) electrons. The molecule has 0 spiro atoms. The number of anilines is 2. The number of carbonyl (C=O) groups is 1. The van der Waals surface area contributed by atoms with Crippen molar-refractivity contribution in [3.8, 4) is 5.75 Å². The van der Waals surface area contributed by atoms with Crippen molar-refractivity contribution in [3.05, 3.63) is 41.2 Å². The van der Waals surface area contributed by atoms with Crippen LogP contribution in [-0.2, 0) is 27.8 Å². The molecule has 1 aromatic carbocycles. The molecule has 2 aromatic rings. The number of halogens is 5. The number of hydrogen-bond donors (Lipinski definition) is 2. The summed E-state index contributed by atoms with van der Waals surface area (Å²) in [5.74, 6) is -2.67. The molecular formula is C26H34F5N5O5S. The van der Waals surface area contributed by atoms with Crippen molar-refractivity contribution < 1.29 is 45.0 Å². The first-order valence-electron chi connectivity index (χ1n) is 13.3. The van der Waals surface area contributed by atoms with Crippen LogP contribution in [0.4, 0.5) is 33.6 Å². The smallest absolute Gasteiger partial charge is 0.487 e. The standard InChI is InChI=1S/C24H33F2N5O3S.C2HF3O2/c1-15(2)27-23-24(29-20-9-12-31(14-21(20)28-23)35(32,33)16(3)4)30-10-7-18(8-11-30)34-22-6-5-17(25)13-19(22)26;3-2(4,5)1(6)7/h5-6,13,15-16,18H,7-12,14H2,1-4H3,(H,27,28);(H,6,7). The molecule has 0 amide bonds. The number of alkyl halides is 3. The summed E-state index contributed by atoms with van der Waals surface area (Å²) >= 11 is 0. The van der Waals surface area contributed by atoms with Crippen LogP contribution in [-0.4, -0.2) is 77.0 Å². The van der Waals surface area contributed by atoms with Gasteiger partial charge >= 0.3 is 12.1 Å². The summed E-state index contributed by atoms with van der Waals surface area (Å²) in [5.41, 5.74) is 1.49. The number of hydrogen-bond acceptors (Lipinski definition) is 8. The lowest BCUT2D eigenvalue weighted by Crippen LogP contribution is -2.42. The summed E-state index contributed by atoms with van der Waals surface area (Å²) in [4.78, 5) is 20.8. The van der Waals surface area contributed by atoms with E-state index in [1.54, 1.807) is 13.8 Å². The SMILES string of the molecule is CC(C)Nc1nc2c(nc1N1CCC(Oc3ccc(F)cc3F)CC1)CCN(S(=O)(=O)C(C)C)C2.O=C(O)C(F)(F)F. The molecule has 0 saturated carbocycles. The summed E-state index contributed by atoms with van der Waals surface area (Å²) in [6.45, 7) is 9.28. The van der Waals surface area contributed by atoms with Gasteiger partial charge in [-0.05, 0) is 39.8 Å². The molecule has 2 aliphatic rings. The lowest BCUT2D eigenvalue weighted by molar-refractivity contribution is -0.192. The first-order chi connectivity index (χ1) is 19.5.